The highest BCUT2D eigenvalue weighted by Crippen LogP contribution is 2.11. The van der Waals surface area contributed by atoms with Gasteiger partial charge in [-0.1, -0.05) is 25.5 Å². The first-order chi connectivity index (χ1) is 8.06. The van der Waals surface area contributed by atoms with Crippen molar-refractivity contribution < 1.29 is 18.7 Å². The van der Waals surface area contributed by atoms with Gasteiger partial charge in [0.2, 0.25) is 0 Å². The molecule has 0 aliphatic rings. The first kappa shape index (κ1) is 13.6. The number of halogens is 2. The van der Waals surface area contributed by atoms with Gasteiger partial charge in [0.05, 0.1) is 0 Å². The van der Waals surface area contributed by atoms with E-state index < -0.39 is 23.6 Å². The van der Waals surface area contributed by atoms with Gasteiger partial charge in [-0.15, -0.1) is 0 Å². The molecule has 1 unspecified atom stereocenters. The second-order valence-electron chi connectivity index (χ2n) is 3.77. The van der Waals surface area contributed by atoms with Crippen molar-refractivity contribution >= 4 is 5.97 Å². The molecule has 0 spiro atoms. The number of aliphatic carboxylic acids is 1. The fourth-order valence-corrected chi connectivity index (χ4v) is 1.52. The molecule has 1 rings (SSSR count). The Labute approximate surface area is 98.5 Å². The molecule has 1 aromatic carbocycles. The molecule has 0 amide bonds. The van der Waals surface area contributed by atoms with Crippen LogP contribution in [0.25, 0.3) is 0 Å². The molecule has 0 fully saturated rings. The standard InChI is InChI=1S/C12H15F2NO2/c1-2-4-10(12(16)17)15-7-8-5-3-6-9(13)11(8)14/h3,5-6,10,15H,2,4,7H2,1H3,(H,16,17). The molecule has 1 atom stereocenters. The van der Waals surface area contributed by atoms with E-state index in [9.17, 15) is 13.6 Å². The Balaban J connectivity index is 2.65. The van der Waals surface area contributed by atoms with Crippen molar-refractivity contribution in [3.8, 4) is 0 Å². The molecule has 0 bridgehead atoms. The maximum atomic E-state index is 13.3. The Morgan fingerprint density at radius 3 is 2.76 bits per heavy atom. The second-order valence-corrected chi connectivity index (χ2v) is 3.77. The number of benzene rings is 1. The van der Waals surface area contributed by atoms with Crippen molar-refractivity contribution in [2.75, 3.05) is 0 Å². The smallest absolute Gasteiger partial charge is 0.320 e. The van der Waals surface area contributed by atoms with Gasteiger partial charge in [0.1, 0.15) is 6.04 Å². The van der Waals surface area contributed by atoms with Crippen LogP contribution in [0, 0.1) is 11.6 Å². The summed E-state index contributed by atoms with van der Waals surface area (Å²) in [7, 11) is 0. The average molecular weight is 243 g/mol. The summed E-state index contributed by atoms with van der Waals surface area (Å²) in [6, 6.07) is 3.11. The summed E-state index contributed by atoms with van der Waals surface area (Å²) in [6.07, 6.45) is 1.15. The van der Waals surface area contributed by atoms with Crippen molar-refractivity contribution in [3.05, 3.63) is 35.4 Å². The fraction of sp³-hybridized carbons (Fsp3) is 0.417. The third-order valence-corrected chi connectivity index (χ3v) is 2.45. The van der Waals surface area contributed by atoms with Crippen LogP contribution >= 0.6 is 0 Å². The monoisotopic (exact) mass is 243 g/mol. The number of hydrogen-bond donors (Lipinski definition) is 2. The molecule has 0 aliphatic heterocycles. The average Bonchev–Trinajstić information content (AvgIpc) is 2.29. The van der Waals surface area contributed by atoms with E-state index in [1.165, 1.54) is 12.1 Å². The Morgan fingerprint density at radius 1 is 1.47 bits per heavy atom. The lowest BCUT2D eigenvalue weighted by Crippen LogP contribution is -2.36. The molecule has 0 saturated carbocycles. The van der Waals surface area contributed by atoms with E-state index in [2.05, 4.69) is 5.32 Å². The summed E-state index contributed by atoms with van der Waals surface area (Å²) in [5.74, 6) is -2.84. The number of nitrogens with one attached hydrogen (secondary N) is 1. The van der Waals surface area contributed by atoms with Gasteiger partial charge in [0.15, 0.2) is 11.6 Å². The summed E-state index contributed by atoms with van der Waals surface area (Å²) in [5, 5.41) is 11.6. The third kappa shape index (κ3) is 3.78. The minimum atomic E-state index is -0.983. The van der Waals surface area contributed by atoms with Crippen molar-refractivity contribution in [2.45, 2.75) is 32.4 Å². The van der Waals surface area contributed by atoms with Gasteiger partial charge in [-0.2, -0.15) is 0 Å². The van der Waals surface area contributed by atoms with E-state index in [4.69, 9.17) is 5.11 Å². The van der Waals surface area contributed by atoms with Crippen LogP contribution in [0.5, 0.6) is 0 Å². The highest BCUT2D eigenvalue weighted by Gasteiger charge is 2.16. The Bertz CT molecular complexity index is 396. The number of rotatable bonds is 6. The highest BCUT2D eigenvalue weighted by atomic mass is 19.2. The lowest BCUT2D eigenvalue weighted by molar-refractivity contribution is -0.139. The van der Waals surface area contributed by atoms with Crippen LogP contribution in [0.15, 0.2) is 18.2 Å². The number of carbonyl (C=O) groups is 1. The van der Waals surface area contributed by atoms with E-state index in [0.717, 1.165) is 6.07 Å². The van der Waals surface area contributed by atoms with Crippen molar-refractivity contribution in [3.63, 3.8) is 0 Å². The van der Waals surface area contributed by atoms with Gasteiger partial charge >= 0.3 is 5.97 Å². The molecular weight excluding hydrogens is 228 g/mol. The van der Waals surface area contributed by atoms with Crippen molar-refractivity contribution in [1.82, 2.24) is 5.32 Å². The SMILES string of the molecule is CCCC(NCc1cccc(F)c1F)C(=O)O. The van der Waals surface area contributed by atoms with Crippen LogP contribution in [-0.2, 0) is 11.3 Å². The molecule has 94 valence electrons. The molecule has 0 heterocycles. The van der Waals surface area contributed by atoms with Crippen molar-refractivity contribution in [1.29, 1.82) is 0 Å². The van der Waals surface area contributed by atoms with Gasteiger partial charge < -0.3 is 10.4 Å². The molecule has 5 heteroatoms. The molecule has 3 nitrogen and oxygen atoms in total. The predicted molar refractivity (Wildman–Crippen MR) is 59.5 cm³/mol. The molecule has 2 N–H and O–H groups in total. The maximum Gasteiger partial charge on any atom is 0.320 e. The molecule has 0 aromatic heterocycles. The number of carboxylic acid groups (broad SMARTS) is 1. The van der Waals surface area contributed by atoms with E-state index in [1.807, 2.05) is 6.92 Å². The van der Waals surface area contributed by atoms with Crippen LogP contribution in [0.3, 0.4) is 0 Å². The second kappa shape index (κ2) is 6.30. The zero-order chi connectivity index (χ0) is 12.8. The van der Waals surface area contributed by atoms with E-state index >= 15 is 0 Å². The number of carboxylic acids is 1. The third-order valence-electron chi connectivity index (χ3n) is 2.45. The fourth-order valence-electron chi connectivity index (χ4n) is 1.52. The lowest BCUT2D eigenvalue weighted by Gasteiger charge is -2.13. The Hall–Kier alpha value is -1.49. The minimum Gasteiger partial charge on any atom is -0.480 e. The normalized spacial score (nSPS) is 12.4. The molecule has 17 heavy (non-hydrogen) atoms. The van der Waals surface area contributed by atoms with Gasteiger partial charge in [-0.3, -0.25) is 4.79 Å². The topological polar surface area (TPSA) is 49.3 Å². The van der Waals surface area contributed by atoms with Crippen LogP contribution in [0.4, 0.5) is 8.78 Å². The summed E-state index contributed by atoms with van der Waals surface area (Å²) >= 11 is 0. The van der Waals surface area contributed by atoms with Gasteiger partial charge in [0, 0.05) is 12.1 Å². The maximum absolute atomic E-state index is 13.3. The highest BCUT2D eigenvalue weighted by molar-refractivity contribution is 5.73. The lowest BCUT2D eigenvalue weighted by atomic mass is 10.1. The zero-order valence-corrected chi connectivity index (χ0v) is 9.54. The van der Waals surface area contributed by atoms with Gasteiger partial charge in [-0.25, -0.2) is 8.78 Å². The van der Waals surface area contributed by atoms with E-state index in [-0.39, 0.29) is 12.1 Å². The molecule has 0 radical (unpaired) electrons. The Kier molecular flexibility index (Phi) is 5.03. The minimum absolute atomic E-state index is 0.000556. The molecular formula is C12H15F2NO2. The first-order valence-corrected chi connectivity index (χ1v) is 5.45. The van der Waals surface area contributed by atoms with Crippen LogP contribution < -0.4 is 5.32 Å². The van der Waals surface area contributed by atoms with Crippen LogP contribution in [-0.4, -0.2) is 17.1 Å². The molecule has 1 aromatic rings. The quantitative estimate of drug-likeness (QED) is 0.806. The number of hydrogen-bond acceptors (Lipinski definition) is 2. The van der Waals surface area contributed by atoms with Gasteiger partial charge in [-0.05, 0) is 12.5 Å². The molecule has 0 aliphatic carbocycles. The summed E-state index contributed by atoms with van der Waals surface area (Å²) in [4.78, 5) is 10.8. The van der Waals surface area contributed by atoms with E-state index in [0.29, 0.717) is 12.8 Å². The summed E-state index contributed by atoms with van der Waals surface area (Å²) in [5.41, 5.74) is 0.132. The van der Waals surface area contributed by atoms with Crippen LogP contribution in [0.1, 0.15) is 25.3 Å². The van der Waals surface area contributed by atoms with Crippen molar-refractivity contribution in [2.24, 2.45) is 0 Å². The Morgan fingerprint density at radius 2 is 2.18 bits per heavy atom. The summed E-state index contributed by atoms with van der Waals surface area (Å²) in [6.45, 7) is 1.86. The van der Waals surface area contributed by atoms with Gasteiger partial charge in [0.25, 0.3) is 0 Å². The van der Waals surface area contributed by atoms with Crippen LogP contribution in [0.2, 0.25) is 0 Å². The largest absolute Gasteiger partial charge is 0.480 e. The predicted octanol–water partition coefficient (Wildman–Crippen LogP) is 2.31. The van der Waals surface area contributed by atoms with E-state index in [1.54, 1.807) is 0 Å². The molecule has 0 saturated heterocycles. The zero-order valence-electron chi connectivity index (χ0n) is 9.54. The summed E-state index contributed by atoms with van der Waals surface area (Å²) < 4.78 is 26.2. The first-order valence-electron chi connectivity index (χ1n) is 5.45.